The smallest absolute Gasteiger partial charge is 0.133 e. The zero-order chi connectivity index (χ0) is 15.5. The molecule has 1 aromatic heterocycles. The maximum atomic E-state index is 4.90. The predicted octanol–water partition coefficient (Wildman–Crippen LogP) is 1.62. The Morgan fingerprint density at radius 1 is 1.09 bits per heavy atom. The van der Waals surface area contributed by atoms with Gasteiger partial charge in [-0.15, -0.1) is 0 Å². The number of likely N-dealkylation sites (tertiary alicyclic amines) is 1. The zero-order valence-corrected chi connectivity index (χ0v) is 14.1. The van der Waals surface area contributed by atoms with E-state index in [4.69, 9.17) is 9.97 Å². The van der Waals surface area contributed by atoms with Gasteiger partial charge in [-0.2, -0.15) is 0 Å². The molecule has 5 nitrogen and oxygen atoms in total. The van der Waals surface area contributed by atoms with Crippen molar-refractivity contribution >= 4 is 5.82 Å². The Morgan fingerprint density at radius 3 is 2.74 bits per heavy atom. The molecule has 2 aliphatic heterocycles. The summed E-state index contributed by atoms with van der Waals surface area (Å²) in [6, 6.07) is 0. The number of anilines is 1. The average molecular weight is 315 g/mol. The van der Waals surface area contributed by atoms with Crippen molar-refractivity contribution in [2.24, 2.45) is 5.92 Å². The second kappa shape index (κ2) is 7.14. The highest BCUT2D eigenvalue weighted by molar-refractivity contribution is 5.47. The summed E-state index contributed by atoms with van der Waals surface area (Å²) in [4.78, 5) is 12.4. The third kappa shape index (κ3) is 4.01. The fourth-order valence-electron chi connectivity index (χ4n) is 3.75. The molecule has 1 saturated heterocycles. The van der Waals surface area contributed by atoms with Gasteiger partial charge in [0.1, 0.15) is 11.6 Å². The maximum Gasteiger partial charge on any atom is 0.133 e. The SMILES string of the molecule is C1CCN(CCNc2nc(CC3CC3)nc3c2CCNCC3)C1. The maximum absolute atomic E-state index is 4.90. The fourth-order valence-corrected chi connectivity index (χ4v) is 3.75. The van der Waals surface area contributed by atoms with E-state index in [1.807, 2.05) is 0 Å². The average Bonchev–Trinajstić information content (AvgIpc) is 3.27. The summed E-state index contributed by atoms with van der Waals surface area (Å²) in [6.07, 6.45) is 8.60. The van der Waals surface area contributed by atoms with Crippen molar-refractivity contribution in [1.29, 1.82) is 0 Å². The lowest BCUT2D eigenvalue weighted by atomic mass is 10.1. The van der Waals surface area contributed by atoms with Gasteiger partial charge in [0.2, 0.25) is 0 Å². The first kappa shape index (κ1) is 15.3. The summed E-state index contributed by atoms with van der Waals surface area (Å²) in [6.45, 7) is 6.74. The van der Waals surface area contributed by atoms with E-state index in [1.165, 1.54) is 50.0 Å². The lowest BCUT2D eigenvalue weighted by Crippen LogP contribution is -2.26. The molecule has 5 heteroatoms. The summed E-state index contributed by atoms with van der Waals surface area (Å²) in [7, 11) is 0. The Kier molecular flexibility index (Phi) is 4.76. The Bertz CT molecular complexity index is 534. The van der Waals surface area contributed by atoms with Crippen LogP contribution in [-0.4, -0.2) is 54.1 Å². The van der Waals surface area contributed by atoms with Gasteiger partial charge in [-0.3, -0.25) is 0 Å². The lowest BCUT2D eigenvalue weighted by Gasteiger charge is -2.18. The molecule has 4 rings (SSSR count). The Morgan fingerprint density at radius 2 is 1.91 bits per heavy atom. The van der Waals surface area contributed by atoms with Crippen LogP contribution in [0.1, 0.15) is 42.8 Å². The fraction of sp³-hybridized carbons (Fsp3) is 0.778. The van der Waals surface area contributed by atoms with Crippen molar-refractivity contribution in [3.63, 3.8) is 0 Å². The number of nitrogens with one attached hydrogen (secondary N) is 2. The Hall–Kier alpha value is -1.20. The highest BCUT2D eigenvalue weighted by Crippen LogP contribution is 2.32. The second-order valence-electron chi connectivity index (χ2n) is 7.29. The number of aromatic nitrogens is 2. The standard InChI is InChI=1S/C18H29N5/c1-2-11-23(10-1)12-9-20-18-15-5-7-19-8-6-16(15)21-17(22-18)13-14-3-4-14/h14,19H,1-13H2,(H,20,21,22). The van der Waals surface area contributed by atoms with Gasteiger partial charge in [0.15, 0.2) is 0 Å². The van der Waals surface area contributed by atoms with Crippen LogP contribution in [0.4, 0.5) is 5.82 Å². The van der Waals surface area contributed by atoms with Gasteiger partial charge in [0, 0.05) is 38.0 Å². The number of nitrogens with zero attached hydrogens (tertiary/aromatic N) is 3. The van der Waals surface area contributed by atoms with Crippen LogP contribution in [0.15, 0.2) is 0 Å². The first-order chi connectivity index (χ1) is 11.4. The van der Waals surface area contributed by atoms with E-state index in [2.05, 4.69) is 15.5 Å². The summed E-state index contributed by atoms with van der Waals surface area (Å²) >= 11 is 0. The topological polar surface area (TPSA) is 53.1 Å². The summed E-state index contributed by atoms with van der Waals surface area (Å²) < 4.78 is 0. The molecular weight excluding hydrogens is 286 g/mol. The molecule has 0 atom stereocenters. The van der Waals surface area contributed by atoms with Crippen LogP contribution < -0.4 is 10.6 Å². The minimum Gasteiger partial charge on any atom is -0.368 e. The normalized spacial score (nSPS) is 21.9. The molecule has 0 radical (unpaired) electrons. The first-order valence-electron chi connectivity index (χ1n) is 9.44. The molecule has 126 valence electrons. The van der Waals surface area contributed by atoms with Gasteiger partial charge in [-0.25, -0.2) is 9.97 Å². The molecular formula is C18H29N5. The third-order valence-electron chi connectivity index (χ3n) is 5.32. The number of rotatable bonds is 6. The van der Waals surface area contributed by atoms with E-state index < -0.39 is 0 Å². The molecule has 1 aromatic rings. The highest BCUT2D eigenvalue weighted by Gasteiger charge is 2.24. The van der Waals surface area contributed by atoms with E-state index in [0.717, 1.165) is 63.0 Å². The molecule has 3 aliphatic rings. The van der Waals surface area contributed by atoms with Crippen molar-refractivity contribution in [2.75, 3.05) is 44.6 Å². The Balaban J connectivity index is 1.47. The molecule has 2 fully saturated rings. The monoisotopic (exact) mass is 315 g/mol. The summed E-state index contributed by atoms with van der Waals surface area (Å²) in [5, 5.41) is 7.13. The summed E-state index contributed by atoms with van der Waals surface area (Å²) in [5.74, 6) is 3.03. The van der Waals surface area contributed by atoms with Crippen molar-refractivity contribution < 1.29 is 0 Å². The van der Waals surface area contributed by atoms with Crippen molar-refractivity contribution in [1.82, 2.24) is 20.2 Å². The van der Waals surface area contributed by atoms with Gasteiger partial charge in [0.25, 0.3) is 0 Å². The molecule has 0 amide bonds. The molecule has 1 aliphatic carbocycles. The van der Waals surface area contributed by atoms with Crippen LogP contribution in [0, 0.1) is 5.92 Å². The first-order valence-corrected chi connectivity index (χ1v) is 9.44. The molecule has 1 saturated carbocycles. The van der Waals surface area contributed by atoms with E-state index in [0.29, 0.717) is 0 Å². The molecule has 0 aromatic carbocycles. The third-order valence-corrected chi connectivity index (χ3v) is 5.32. The minimum atomic E-state index is 0.842. The lowest BCUT2D eigenvalue weighted by molar-refractivity contribution is 0.352. The molecule has 2 N–H and O–H groups in total. The number of hydrogen-bond acceptors (Lipinski definition) is 5. The molecule has 0 spiro atoms. The highest BCUT2D eigenvalue weighted by atomic mass is 15.2. The second-order valence-corrected chi connectivity index (χ2v) is 7.29. The Labute approximate surface area is 139 Å². The van der Waals surface area contributed by atoms with Gasteiger partial charge < -0.3 is 15.5 Å². The quantitative estimate of drug-likeness (QED) is 0.835. The van der Waals surface area contributed by atoms with Crippen LogP contribution in [-0.2, 0) is 19.3 Å². The largest absolute Gasteiger partial charge is 0.368 e. The molecule has 3 heterocycles. The van der Waals surface area contributed by atoms with E-state index in [9.17, 15) is 0 Å². The van der Waals surface area contributed by atoms with Crippen LogP contribution in [0.2, 0.25) is 0 Å². The van der Waals surface area contributed by atoms with Gasteiger partial charge in [-0.05, 0) is 57.7 Å². The van der Waals surface area contributed by atoms with E-state index >= 15 is 0 Å². The van der Waals surface area contributed by atoms with E-state index in [1.54, 1.807) is 0 Å². The molecule has 0 bridgehead atoms. The summed E-state index contributed by atoms with van der Waals surface area (Å²) in [5.41, 5.74) is 2.64. The zero-order valence-electron chi connectivity index (χ0n) is 14.1. The van der Waals surface area contributed by atoms with Gasteiger partial charge in [-0.1, -0.05) is 0 Å². The van der Waals surface area contributed by atoms with Crippen molar-refractivity contribution in [3.8, 4) is 0 Å². The van der Waals surface area contributed by atoms with Crippen molar-refractivity contribution in [2.45, 2.75) is 44.9 Å². The number of hydrogen-bond donors (Lipinski definition) is 2. The van der Waals surface area contributed by atoms with Crippen LogP contribution >= 0.6 is 0 Å². The van der Waals surface area contributed by atoms with Crippen LogP contribution in [0.3, 0.4) is 0 Å². The van der Waals surface area contributed by atoms with Crippen molar-refractivity contribution in [3.05, 3.63) is 17.1 Å². The van der Waals surface area contributed by atoms with Gasteiger partial charge in [0.05, 0.1) is 5.69 Å². The molecule has 23 heavy (non-hydrogen) atoms. The molecule has 0 unspecified atom stereocenters. The number of fused-ring (bicyclic) bond motifs is 1. The van der Waals surface area contributed by atoms with E-state index in [-0.39, 0.29) is 0 Å². The minimum absolute atomic E-state index is 0.842. The predicted molar refractivity (Wildman–Crippen MR) is 92.9 cm³/mol. The van der Waals surface area contributed by atoms with Crippen LogP contribution in [0.5, 0.6) is 0 Å². The van der Waals surface area contributed by atoms with Crippen LogP contribution in [0.25, 0.3) is 0 Å². The van der Waals surface area contributed by atoms with Gasteiger partial charge >= 0.3 is 0 Å².